The first kappa shape index (κ1) is 12.8. The quantitative estimate of drug-likeness (QED) is 0.757. The average molecular weight is 239 g/mol. The highest BCUT2D eigenvalue weighted by molar-refractivity contribution is 5.81. The summed E-state index contributed by atoms with van der Waals surface area (Å²) in [5.74, 6) is 0.844. The smallest absolute Gasteiger partial charge is 0.237 e. The maximum atomic E-state index is 12.0. The van der Waals surface area contributed by atoms with E-state index in [9.17, 15) is 4.79 Å². The molecule has 3 atom stereocenters. The molecule has 2 saturated heterocycles. The second-order valence-corrected chi connectivity index (χ2v) is 5.71. The van der Waals surface area contributed by atoms with E-state index in [4.69, 9.17) is 0 Å². The molecule has 0 aliphatic carbocycles. The summed E-state index contributed by atoms with van der Waals surface area (Å²) >= 11 is 0. The van der Waals surface area contributed by atoms with Gasteiger partial charge in [-0.3, -0.25) is 4.79 Å². The van der Waals surface area contributed by atoms with Gasteiger partial charge in [0, 0.05) is 19.1 Å². The number of hydrogen-bond acceptors (Lipinski definition) is 3. The molecule has 2 N–H and O–H groups in total. The number of hydrogen-bond donors (Lipinski definition) is 2. The molecular weight excluding hydrogens is 214 g/mol. The van der Waals surface area contributed by atoms with Gasteiger partial charge in [-0.1, -0.05) is 0 Å². The first-order valence-electron chi connectivity index (χ1n) is 6.87. The summed E-state index contributed by atoms with van der Waals surface area (Å²) in [6, 6.07) is 0.523. The Labute approximate surface area is 104 Å². The van der Waals surface area contributed by atoms with E-state index >= 15 is 0 Å². The number of amides is 1. The number of likely N-dealkylation sites (tertiary alicyclic amines) is 1. The Kier molecular flexibility index (Phi) is 4.40. The first-order valence-corrected chi connectivity index (χ1v) is 6.87. The molecule has 98 valence electrons. The third kappa shape index (κ3) is 3.68. The third-order valence-electron chi connectivity index (χ3n) is 3.99. The van der Waals surface area contributed by atoms with Crippen LogP contribution in [0.3, 0.4) is 0 Å². The molecule has 17 heavy (non-hydrogen) atoms. The van der Waals surface area contributed by atoms with Gasteiger partial charge in [-0.25, -0.2) is 0 Å². The van der Waals surface area contributed by atoms with Gasteiger partial charge < -0.3 is 15.5 Å². The van der Waals surface area contributed by atoms with Crippen LogP contribution in [-0.4, -0.2) is 49.6 Å². The summed E-state index contributed by atoms with van der Waals surface area (Å²) in [7, 11) is 2.15. The van der Waals surface area contributed by atoms with Gasteiger partial charge in [0.1, 0.15) is 0 Å². The molecule has 2 fully saturated rings. The van der Waals surface area contributed by atoms with Crippen LogP contribution in [0.2, 0.25) is 0 Å². The van der Waals surface area contributed by atoms with Crippen LogP contribution in [0.25, 0.3) is 0 Å². The van der Waals surface area contributed by atoms with Gasteiger partial charge in [-0.15, -0.1) is 0 Å². The van der Waals surface area contributed by atoms with Crippen molar-refractivity contribution >= 4 is 5.91 Å². The molecule has 0 aromatic carbocycles. The van der Waals surface area contributed by atoms with E-state index in [0.29, 0.717) is 12.0 Å². The fourth-order valence-corrected chi connectivity index (χ4v) is 2.91. The summed E-state index contributed by atoms with van der Waals surface area (Å²) < 4.78 is 0. The first-order chi connectivity index (χ1) is 8.15. The molecule has 1 amide bonds. The van der Waals surface area contributed by atoms with Crippen molar-refractivity contribution in [1.29, 1.82) is 0 Å². The predicted molar refractivity (Wildman–Crippen MR) is 68.9 cm³/mol. The highest BCUT2D eigenvalue weighted by atomic mass is 16.2. The van der Waals surface area contributed by atoms with Crippen LogP contribution in [-0.2, 0) is 4.79 Å². The fourth-order valence-electron chi connectivity index (χ4n) is 2.91. The Morgan fingerprint density at radius 3 is 2.88 bits per heavy atom. The van der Waals surface area contributed by atoms with Crippen molar-refractivity contribution in [2.45, 2.75) is 44.7 Å². The molecule has 0 saturated carbocycles. The Balaban J connectivity index is 1.69. The summed E-state index contributed by atoms with van der Waals surface area (Å²) in [6.45, 7) is 5.29. The maximum Gasteiger partial charge on any atom is 0.237 e. The number of carbonyl (C=O) groups is 1. The minimum Gasteiger partial charge on any atom is -0.354 e. The van der Waals surface area contributed by atoms with E-state index in [1.54, 1.807) is 0 Å². The lowest BCUT2D eigenvalue weighted by atomic mass is 9.99. The zero-order valence-electron chi connectivity index (χ0n) is 11.0. The number of rotatable bonds is 3. The molecule has 4 nitrogen and oxygen atoms in total. The molecule has 0 radical (unpaired) electrons. The second-order valence-electron chi connectivity index (χ2n) is 5.71. The Morgan fingerprint density at radius 2 is 2.24 bits per heavy atom. The topological polar surface area (TPSA) is 44.4 Å². The van der Waals surface area contributed by atoms with Crippen molar-refractivity contribution in [3.8, 4) is 0 Å². The van der Waals surface area contributed by atoms with Crippen molar-refractivity contribution < 1.29 is 4.79 Å². The van der Waals surface area contributed by atoms with Crippen LogP contribution in [0.5, 0.6) is 0 Å². The largest absolute Gasteiger partial charge is 0.354 e. The Bertz CT molecular complexity index is 269. The molecule has 0 bridgehead atoms. The molecule has 2 rings (SSSR count). The normalized spacial score (nSPS) is 34.8. The number of piperidine rings is 1. The average Bonchev–Trinajstić information content (AvgIpc) is 2.72. The fraction of sp³-hybridized carbons (Fsp3) is 0.923. The van der Waals surface area contributed by atoms with Gasteiger partial charge in [0.15, 0.2) is 0 Å². The van der Waals surface area contributed by atoms with Crippen molar-refractivity contribution in [3.63, 3.8) is 0 Å². The molecule has 0 spiro atoms. The number of nitrogens with one attached hydrogen (secondary N) is 2. The molecule has 0 aromatic heterocycles. The van der Waals surface area contributed by atoms with Gasteiger partial charge >= 0.3 is 0 Å². The lowest BCUT2D eigenvalue weighted by molar-refractivity contribution is -0.124. The van der Waals surface area contributed by atoms with E-state index in [0.717, 1.165) is 19.5 Å². The monoisotopic (exact) mass is 239 g/mol. The van der Waals surface area contributed by atoms with Crippen LogP contribution < -0.4 is 10.6 Å². The Morgan fingerprint density at radius 1 is 1.41 bits per heavy atom. The zero-order valence-corrected chi connectivity index (χ0v) is 11.0. The van der Waals surface area contributed by atoms with Crippen molar-refractivity contribution in [2.24, 2.45) is 5.92 Å². The standard InChI is InChI=1S/C13H25N3O/c1-10-4-3-5-12(15-10)13(17)14-8-11-6-7-16(2)9-11/h10-12,15H,3-9H2,1-2H3,(H,14,17). The van der Waals surface area contributed by atoms with E-state index in [-0.39, 0.29) is 11.9 Å². The molecule has 2 heterocycles. The SMILES string of the molecule is CC1CCCC(C(=O)NCC2CCN(C)C2)N1. The predicted octanol–water partition coefficient (Wildman–Crippen LogP) is 0.585. The second kappa shape index (κ2) is 5.83. The van der Waals surface area contributed by atoms with Crippen molar-refractivity contribution in [1.82, 2.24) is 15.5 Å². The zero-order chi connectivity index (χ0) is 12.3. The minimum absolute atomic E-state index is 0.0397. The lowest BCUT2D eigenvalue weighted by Gasteiger charge is -2.28. The minimum atomic E-state index is 0.0397. The third-order valence-corrected chi connectivity index (χ3v) is 3.99. The molecule has 0 aromatic rings. The summed E-state index contributed by atoms with van der Waals surface area (Å²) in [5.41, 5.74) is 0. The maximum absolute atomic E-state index is 12.0. The molecule has 2 aliphatic rings. The van der Waals surface area contributed by atoms with E-state index in [1.807, 2.05) is 0 Å². The van der Waals surface area contributed by atoms with Crippen LogP contribution in [0.4, 0.5) is 0 Å². The lowest BCUT2D eigenvalue weighted by Crippen LogP contribution is -2.50. The van der Waals surface area contributed by atoms with Crippen LogP contribution >= 0.6 is 0 Å². The van der Waals surface area contributed by atoms with Crippen LogP contribution in [0.1, 0.15) is 32.6 Å². The van der Waals surface area contributed by atoms with Gasteiger partial charge in [0.2, 0.25) is 5.91 Å². The highest BCUT2D eigenvalue weighted by Crippen LogP contribution is 2.14. The van der Waals surface area contributed by atoms with Crippen LogP contribution in [0, 0.1) is 5.92 Å². The molecule has 2 aliphatic heterocycles. The molecule has 3 unspecified atom stereocenters. The summed E-state index contributed by atoms with van der Waals surface area (Å²) in [4.78, 5) is 14.3. The molecular formula is C13H25N3O. The van der Waals surface area contributed by atoms with Crippen molar-refractivity contribution in [3.05, 3.63) is 0 Å². The highest BCUT2D eigenvalue weighted by Gasteiger charge is 2.25. The van der Waals surface area contributed by atoms with Gasteiger partial charge in [-0.05, 0) is 52.1 Å². The van der Waals surface area contributed by atoms with E-state index < -0.39 is 0 Å². The van der Waals surface area contributed by atoms with Crippen LogP contribution in [0.15, 0.2) is 0 Å². The van der Waals surface area contributed by atoms with E-state index in [2.05, 4.69) is 29.5 Å². The summed E-state index contributed by atoms with van der Waals surface area (Å²) in [6.07, 6.45) is 4.56. The van der Waals surface area contributed by atoms with Gasteiger partial charge in [0.25, 0.3) is 0 Å². The van der Waals surface area contributed by atoms with Gasteiger partial charge in [0.05, 0.1) is 6.04 Å². The van der Waals surface area contributed by atoms with Crippen molar-refractivity contribution in [2.75, 3.05) is 26.7 Å². The Hall–Kier alpha value is -0.610. The number of carbonyl (C=O) groups excluding carboxylic acids is 1. The van der Waals surface area contributed by atoms with Gasteiger partial charge in [-0.2, -0.15) is 0 Å². The molecule has 4 heteroatoms. The van der Waals surface area contributed by atoms with E-state index in [1.165, 1.54) is 25.8 Å². The summed E-state index contributed by atoms with van der Waals surface area (Å²) in [5, 5.41) is 6.49. The number of nitrogens with zero attached hydrogens (tertiary/aromatic N) is 1.